The summed E-state index contributed by atoms with van der Waals surface area (Å²) in [5, 5.41) is 12.5. The lowest BCUT2D eigenvalue weighted by molar-refractivity contribution is 0.0697. The second-order valence-electron chi connectivity index (χ2n) is 5.82. The Morgan fingerprint density at radius 2 is 2.17 bits per heavy atom. The zero-order valence-corrected chi connectivity index (χ0v) is 11.1. The summed E-state index contributed by atoms with van der Waals surface area (Å²) in [6.07, 6.45) is 4.92. The zero-order chi connectivity index (χ0) is 13.2. The average molecular weight is 247 g/mol. The molecule has 3 nitrogen and oxygen atoms in total. The molecule has 1 unspecified atom stereocenters. The summed E-state index contributed by atoms with van der Waals surface area (Å²) in [7, 11) is 0. The van der Waals surface area contributed by atoms with Crippen LogP contribution in [0.1, 0.15) is 49.9 Å². The molecule has 0 aromatic heterocycles. The van der Waals surface area contributed by atoms with Crippen molar-refractivity contribution in [2.75, 3.05) is 5.32 Å². The first-order valence-corrected chi connectivity index (χ1v) is 6.59. The standard InChI is InChI=1S/C15H21NO2/c1-15(2)9-4-3-8-13(15)16-12-7-5-6-11(10-12)14(17)18/h5-7,10,13,16H,3-4,8-9H2,1-2H3,(H,17,18). The molecule has 0 heterocycles. The number of aromatic carboxylic acids is 1. The summed E-state index contributed by atoms with van der Waals surface area (Å²) in [5.74, 6) is -0.874. The van der Waals surface area contributed by atoms with Crippen molar-refractivity contribution in [3.8, 4) is 0 Å². The van der Waals surface area contributed by atoms with Crippen LogP contribution in [0.2, 0.25) is 0 Å². The summed E-state index contributed by atoms with van der Waals surface area (Å²) in [6.45, 7) is 4.57. The third-order valence-electron chi connectivity index (χ3n) is 3.96. The summed E-state index contributed by atoms with van der Waals surface area (Å²) in [4.78, 5) is 10.9. The molecule has 0 aliphatic heterocycles. The minimum Gasteiger partial charge on any atom is -0.478 e. The highest BCUT2D eigenvalue weighted by atomic mass is 16.4. The number of nitrogens with one attached hydrogen (secondary N) is 1. The number of benzene rings is 1. The van der Waals surface area contributed by atoms with Crippen LogP contribution in [0.15, 0.2) is 24.3 Å². The van der Waals surface area contributed by atoms with Gasteiger partial charge in [0.25, 0.3) is 0 Å². The van der Waals surface area contributed by atoms with Gasteiger partial charge in [0, 0.05) is 11.7 Å². The van der Waals surface area contributed by atoms with Crippen molar-refractivity contribution in [2.24, 2.45) is 5.41 Å². The van der Waals surface area contributed by atoms with Crippen LogP contribution in [0.25, 0.3) is 0 Å². The van der Waals surface area contributed by atoms with E-state index in [1.807, 2.05) is 6.07 Å². The minimum absolute atomic E-state index is 0.275. The van der Waals surface area contributed by atoms with Gasteiger partial charge in [-0.3, -0.25) is 0 Å². The Morgan fingerprint density at radius 3 is 2.83 bits per heavy atom. The highest BCUT2D eigenvalue weighted by molar-refractivity contribution is 5.88. The lowest BCUT2D eigenvalue weighted by Gasteiger charge is -2.39. The number of anilines is 1. The zero-order valence-electron chi connectivity index (χ0n) is 11.1. The van der Waals surface area contributed by atoms with E-state index < -0.39 is 5.97 Å². The maximum atomic E-state index is 10.9. The summed E-state index contributed by atoms with van der Waals surface area (Å²) >= 11 is 0. The Labute approximate surface area is 108 Å². The topological polar surface area (TPSA) is 49.3 Å². The van der Waals surface area contributed by atoms with E-state index in [2.05, 4.69) is 19.2 Å². The van der Waals surface area contributed by atoms with E-state index >= 15 is 0 Å². The van der Waals surface area contributed by atoms with Crippen molar-refractivity contribution < 1.29 is 9.90 Å². The molecule has 0 bridgehead atoms. The fraction of sp³-hybridized carbons (Fsp3) is 0.533. The van der Waals surface area contributed by atoms with Crippen molar-refractivity contribution in [1.29, 1.82) is 0 Å². The van der Waals surface area contributed by atoms with E-state index in [9.17, 15) is 4.79 Å². The van der Waals surface area contributed by atoms with E-state index in [1.54, 1.807) is 18.2 Å². The quantitative estimate of drug-likeness (QED) is 0.855. The Morgan fingerprint density at radius 1 is 1.39 bits per heavy atom. The van der Waals surface area contributed by atoms with Crippen molar-refractivity contribution >= 4 is 11.7 Å². The van der Waals surface area contributed by atoms with Crippen LogP contribution < -0.4 is 5.32 Å². The van der Waals surface area contributed by atoms with E-state index in [0.717, 1.165) is 12.1 Å². The van der Waals surface area contributed by atoms with Crippen LogP contribution >= 0.6 is 0 Å². The molecule has 2 N–H and O–H groups in total. The SMILES string of the molecule is CC1(C)CCCCC1Nc1cccc(C(=O)O)c1. The maximum absolute atomic E-state index is 10.9. The lowest BCUT2D eigenvalue weighted by atomic mass is 9.73. The average Bonchev–Trinajstić information content (AvgIpc) is 2.32. The minimum atomic E-state index is -0.874. The fourth-order valence-electron chi connectivity index (χ4n) is 2.70. The van der Waals surface area contributed by atoms with Crippen LogP contribution in [-0.2, 0) is 0 Å². The molecule has 1 saturated carbocycles. The largest absolute Gasteiger partial charge is 0.478 e. The lowest BCUT2D eigenvalue weighted by Crippen LogP contribution is -2.38. The van der Waals surface area contributed by atoms with Gasteiger partial charge in [0.05, 0.1) is 5.56 Å². The van der Waals surface area contributed by atoms with E-state index in [0.29, 0.717) is 11.6 Å². The number of carbonyl (C=O) groups is 1. The van der Waals surface area contributed by atoms with E-state index in [4.69, 9.17) is 5.11 Å². The monoisotopic (exact) mass is 247 g/mol. The predicted octanol–water partition coefficient (Wildman–Crippen LogP) is 3.77. The molecule has 2 rings (SSSR count). The Bertz CT molecular complexity index is 440. The van der Waals surface area contributed by atoms with Crippen LogP contribution in [0, 0.1) is 5.41 Å². The second-order valence-corrected chi connectivity index (χ2v) is 5.82. The highest BCUT2D eigenvalue weighted by Crippen LogP contribution is 2.37. The molecule has 18 heavy (non-hydrogen) atoms. The highest BCUT2D eigenvalue weighted by Gasteiger charge is 2.31. The predicted molar refractivity (Wildman–Crippen MR) is 73.1 cm³/mol. The van der Waals surface area contributed by atoms with Gasteiger partial charge in [0.2, 0.25) is 0 Å². The molecular formula is C15H21NO2. The molecule has 1 aromatic carbocycles. The van der Waals surface area contributed by atoms with Crippen LogP contribution in [0.5, 0.6) is 0 Å². The van der Waals surface area contributed by atoms with Crippen molar-refractivity contribution in [3.05, 3.63) is 29.8 Å². The van der Waals surface area contributed by atoms with Gasteiger partial charge in [-0.15, -0.1) is 0 Å². The van der Waals surface area contributed by atoms with Crippen LogP contribution in [0.3, 0.4) is 0 Å². The molecule has 0 saturated heterocycles. The van der Waals surface area contributed by atoms with E-state index in [-0.39, 0.29) is 5.41 Å². The summed E-state index contributed by atoms with van der Waals surface area (Å²) in [5.41, 5.74) is 1.53. The number of hydrogen-bond donors (Lipinski definition) is 2. The molecule has 1 atom stereocenters. The second kappa shape index (κ2) is 5.01. The van der Waals surface area contributed by atoms with Gasteiger partial charge < -0.3 is 10.4 Å². The first-order valence-electron chi connectivity index (χ1n) is 6.59. The first-order chi connectivity index (χ1) is 8.49. The van der Waals surface area contributed by atoms with Crippen molar-refractivity contribution in [3.63, 3.8) is 0 Å². The number of carboxylic acid groups (broad SMARTS) is 1. The molecule has 1 aliphatic carbocycles. The van der Waals surface area contributed by atoms with Crippen molar-refractivity contribution in [2.45, 2.75) is 45.6 Å². The van der Waals surface area contributed by atoms with Gasteiger partial charge in [-0.25, -0.2) is 4.79 Å². The number of rotatable bonds is 3. The van der Waals surface area contributed by atoms with Gasteiger partial charge in [-0.1, -0.05) is 32.8 Å². The molecule has 0 amide bonds. The number of carboxylic acids is 1. The third kappa shape index (κ3) is 2.84. The molecular weight excluding hydrogens is 226 g/mol. The first kappa shape index (κ1) is 12.9. The van der Waals surface area contributed by atoms with Gasteiger partial charge >= 0.3 is 5.97 Å². The smallest absolute Gasteiger partial charge is 0.335 e. The fourth-order valence-corrected chi connectivity index (χ4v) is 2.70. The maximum Gasteiger partial charge on any atom is 0.335 e. The number of hydrogen-bond acceptors (Lipinski definition) is 2. The molecule has 0 radical (unpaired) electrons. The van der Waals surface area contributed by atoms with Crippen LogP contribution in [-0.4, -0.2) is 17.1 Å². The third-order valence-corrected chi connectivity index (χ3v) is 3.96. The van der Waals surface area contributed by atoms with Gasteiger partial charge in [-0.2, -0.15) is 0 Å². The molecule has 98 valence electrons. The molecule has 0 spiro atoms. The van der Waals surface area contributed by atoms with Crippen LogP contribution in [0.4, 0.5) is 5.69 Å². The van der Waals surface area contributed by atoms with Gasteiger partial charge in [0.15, 0.2) is 0 Å². The van der Waals surface area contributed by atoms with Gasteiger partial charge in [0.1, 0.15) is 0 Å². The Hall–Kier alpha value is -1.51. The van der Waals surface area contributed by atoms with E-state index in [1.165, 1.54) is 19.3 Å². The summed E-state index contributed by atoms with van der Waals surface area (Å²) in [6, 6.07) is 7.50. The molecule has 3 heteroatoms. The van der Waals surface area contributed by atoms with Crippen molar-refractivity contribution in [1.82, 2.24) is 0 Å². The molecule has 1 fully saturated rings. The Balaban J connectivity index is 2.13. The molecule has 1 aliphatic rings. The summed E-state index contributed by atoms with van der Waals surface area (Å²) < 4.78 is 0. The molecule has 1 aromatic rings. The normalized spacial score (nSPS) is 22.4. The Kier molecular flexibility index (Phi) is 3.60. The van der Waals surface area contributed by atoms with Gasteiger partial charge in [-0.05, 0) is 36.5 Å².